The average molecular weight is 267 g/mol. The third kappa shape index (κ3) is 2.62. The van der Waals surface area contributed by atoms with E-state index in [1.54, 1.807) is 0 Å². The van der Waals surface area contributed by atoms with E-state index < -0.39 is 0 Å². The van der Waals surface area contributed by atoms with Crippen LogP contribution < -0.4 is 5.73 Å². The first kappa shape index (κ1) is 14.0. The van der Waals surface area contributed by atoms with Crippen LogP contribution in [0.4, 0.5) is 0 Å². The van der Waals surface area contributed by atoms with Crippen molar-refractivity contribution in [3.8, 4) is 0 Å². The molecule has 0 aliphatic carbocycles. The number of nitrogens with two attached hydrogens (primary N) is 1. The van der Waals surface area contributed by atoms with Gasteiger partial charge in [0.1, 0.15) is 0 Å². The molecule has 1 aromatic rings. The van der Waals surface area contributed by atoms with Crippen molar-refractivity contribution in [2.75, 3.05) is 33.7 Å². The zero-order valence-electron chi connectivity index (χ0n) is 11.7. The summed E-state index contributed by atoms with van der Waals surface area (Å²) in [6, 6.07) is 4.82. The van der Waals surface area contributed by atoms with Gasteiger partial charge in [0, 0.05) is 23.0 Å². The second kappa shape index (κ2) is 5.70. The first-order chi connectivity index (χ1) is 8.59. The second-order valence-electron chi connectivity index (χ2n) is 5.53. The van der Waals surface area contributed by atoms with Crippen molar-refractivity contribution in [3.63, 3.8) is 0 Å². The molecule has 1 aliphatic heterocycles. The molecule has 18 heavy (non-hydrogen) atoms. The smallest absolute Gasteiger partial charge is 0.0416 e. The van der Waals surface area contributed by atoms with Gasteiger partial charge in [0.25, 0.3) is 0 Å². The van der Waals surface area contributed by atoms with Crippen LogP contribution >= 0.6 is 11.3 Å². The fourth-order valence-corrected chi connectivity index (χ4v) is 3.69. The maximum Gasteiger partial charge on any atom is 0.0416 e. The van der Waals surface area contributed by atoms with Crippen molar-refractivity contribution in [2.24, 2.45) is 5.73 Å². The molecular weight excluding hydrogens is 242 g/mol. The van der Waals surface area contributed by atoms with Gasteiger partial charge in [-0.2, -0.15) is 0 Å². The summed E-state index contributed by atoms with van der Waals surface area (Å²) < 4.78 is 0. The van der Waals surface area contributed by atoms with E-state index in [1.807, 2.05) is 11.3 Å². The Morgan fingerprint density at radius 3 is 2.67 bits per heavy atom. The number of hydrogen-bond acceptors (Lipinski definition) is 4. The number of piperidine rings is 1. The molecule has 2 N–H and O–H groups in total. The second-order valence-corrected chi connectivity index (χ2v) is 6.51. The Labute approximate surface area is 115 Å². The molecule has 0 aromatic carbocycles. The van der Waals surface area contributed by atoms with E-state index in [1.165, 1.54) is 17.7 Å². The van der Waals surface area contributed by atoms with Crippen molar-refractivity contribution in [2.45, 2.75) is 31.3 Å². The largest absolute Gasteiger partial charge is 0.329 e. The zero-order chi connectivity index (χ0) is 13.2. The van der Waals surface area contributed by atoms with E-state index in [0.717, 1.165) is 19.6 Å². The highest BCUT2D eigenvalue weighted by Gasteiger charge is 2.38. The van der Waals surface area contributed by atoms with Crippen molar-refractivity contribution >= 4 is 11.3 Å². The zero-order valence-corrected chi connectivity index (χ0v) is 12.5. The molecule has 102 valence electrons. The summed E-state index contributed by atoms with van der Waals surface area (Å²) in [5.41, 5.74) is 6.30. The molecule has 0 amide bonds. The van der Waals surface area contributed by atoms with Gasteiger partial charge in [-0.1, -0.05) is 6.07 Å². The Hall–Kier alpha value is -0.420. The van der Waals surface area contributed by atoms with Crippen LogP contribution in [0.15, 0.2) is 17.5 Å². The topological polar surface area (TPSA) is 32.5 Å². The summed E-state index contributed by atoms with van der Waals surface area (Å²) in [6.45, 7) is 5.35. The molecule has 1 atom stereocenters. The lowest BCUT2D eigenvalue weighted by atomic mass is 9.85. The van der Waals surface area contributed by atoms with Crippen molar-refractivity contribution < 1.29 is 0 Å². The van der Waals surface area contributed by atoms with Gasteiger partial charge in [-0.25, -0.2) is 0 Å². The Kier molecular flexibility index (Phi) is 4.43. The molecule has 1 unspecified atom stereocenters. The van der Waals surface area contributed by atoms with Crippen LogP contribution in [0.1, 0.15) is 30.7 Å². The minimum atomic E-state index is 0.177. The SMILES string of the molecule is CC(c1cccs1)N(C)C1(CN)CCN(C)CC1. The van der Waals surface area contributed by atoms with Gasteiger partial charge < -0.3 is 10.6 Å². The van der Waals surface area contributed by atoms with Crippen molar-refractivity contribution in [1.82, 2.24) is 9.80 Å². The fourth-order valence-electron chi connectivity index (χ4n) is 2.87. The van der Waals surface area contributed by atoms with E-state index in [2.05, 4.69) is 48.3 Å². The molecule has 1 aromatic heterocycles. The Morgan fingerprint density at radius 2 is 2.17 bits per heavy atom. The Balaban J connectivity index is 2.12. The molecule has 0 radical (unpaired) electrons. The predicted octanol–water partition coefficient (Wildman–Crippen LogP) is 2.16. The minimum Gasteiger partial charge on any atom is -0.329 e. The molecule has 1 aliphatic rings. The van der Waals surface area contributed by atoms with Gasteiger partial charge in [-0.15, -0.1) is 11.3 Å². The van der Waals surface area contributed by atoms with Gasteiger partial charge in [0.05, 0.1) is 0 Å². The molecule has 0 saturated carbocycles. The molecule has 3 nitrogen and oxygen atoms in total. The summed E-state index contributed by atoms with van der Waals surface area (Å²) in [6.07, 6.45) is 2.35. The lowest BCUT2D eigenvalue weighted by Gasteiger charge is -2.48. The third-order valence-corrected chi connectivity index (χ3v) is 5.62. The van der Waals surface area contributed by atoms with E-state index in [4.69, 9.17) is 5.73 Å². The van der Waals surface area contributed by atoms with Gasteiger partial charge in [0.15, 0.2) is 0 Å². The standard InChI is InChI=1S/C14H25N3S/c1-12(13-5-4-10-18-13)17(3)14(11-15)6-8-16(2)9-7-14/h4-5,10,12H,6-9,11,15H2,1-3H3. The molecule has 0 spiro atoms. The summed E-state index contributed by atoms with van der Waals surface area (Å²) >= 11 is 1.84. The minimum absolute atomic E-state index is 0.177. The highest BCUT2D eigenvalue weighted by atomic mass is 32.1. The normalized spacial score (nSPS) is 22.3. The fraction of sp³-hybridized carbons (Fsp3) is 0.714. The van der Waals surface area contributed by atoms with Gasteiger partial charge in [-0.3, -0.25) is 4.90 Å². The quantitative estimate of drug-likeness (QED) is 0.907. The lowest BCUT2D eigenvalue weighted by molar-refractivity contribution is 0.0282. The highest BCUT2D eigenvalue weighted by molar-refractivity contribution is 7.10. The van der Waals surface area contributed by atoms with Crippen molar-refractivity contribution in [1.29, 1.82) is 0 Å². The van der Waals surface area contributed by atoms with Crippen molar-refractivity contribution in [3.05, 3.63) is 22.4 Å². The number of rotatable bonds is 4. The van der Waals surface area contributed by atoms with E-state index in [0.29, 0.717) is 6.04 Å². The van der Waals surface area contributed by atoms with Gasteiger partial charge >= 0.3 is 0 Å². The lowest BCUT2D eigenvalue weighted by Crippen LogP contribution is -2.58. The Morgan fingerprint density at radius 1 is 1.50 bits per heavy atom. The maximum absolute atomic E-state index is 6.12. The summed E-state index contributed by atoms with van der Waals surface area (Å²) in [7, 11) is 4.44. The summed E-state index contributed by atoms with van der Waals surface area (Å²) in [5, 5.41) is 2.16. The number of nitrogens with zero attached hydrogens (tertiary/aromatic N) is 2. The van der Waals surface area contributed by atoms with Gasteiger partial charge in [-0.05, 0) is 58.4 Å². The molecule has 1 saturated heterocycles. The van der Waals surface area contributed by atoms with Crippen LogP contribution in [0.5, 0.6) is 0 Å². The van der Waals surface area contributed by atoms with Crippen LogP contribution in [0.25, 0.3) is 0 Å². The number of hydrogen-bond donors (Lipinski definition) is 1. The predicted molar refractivity (Wildman–Crippen MR) is 79.0 cm³/mol. The number of likely N-dealkylation sites (N-methyl/N-ethyl adjacent to an activating group) is 1. The first-order valence-corrected chi connectivity index (χ1v) is 7.62. The summed E-state index contributed by atoms with van der Waals surface area (Å²) in [4.78, 5) is 6.34. The van der Waals surface area contributed by atoms with E-state index in [9.17, 15) is 0 Å². The average Bonchev–Trinajstić information content (AvgIpc) is 2.92. The van der Waals surface area contributed by atoms with Crippen LogP contribution in [-0.4, -0.2) is 49.1 Å². The van der Waals surface area contributed by atoms with E-state index in [-0.39, 0.29) is 5.54 Å². The van der Waals surface area contributed by atoms with Crippen LogP contribution in [0.3, 0.4) is 0 Å². The molecular formula is C14H25N3S. The maximum atomic E-state index is 6.12. The van der Waals surface area contributed by atoms with Crippen LogP contribution in [0.2, 0.25) is 0 Å². The molecule has 2 rings (SSSR count). The number of thiophene rings is 1. The Bertz CT molecular complexity index is 355. The highest BCUT2D eigenvalue weighted by Crippen LogP contribution is 2.34. The van der Waals surface area contributed by atoms with Crippen LogP contribution in [0, 0.1) is 0 Å². The first-order valence-electron chi connectivity index (χ1n) is 6.74. The molecule has 2 heterocycles. The summed E-state index contributed by atoms with van der Waals surface area (Å²) in [5.74, 6) is 0. The third-order valence-electron chi connectivity index (χ3n) is 4.58. The number of likely N-dealkylation sites (tertiary alicyclic amines) is 1. The monoisotopic (exact) mass is 267 g/mol. The van der Waals surface area contributed by atoms with E-state index >= 15 is 0 Å². The van der Waals surface area contributed by atoms with Gasteiger partial charge in [0.2, 0.25) is 0 Å². The molecule has 4 heteroatoms. The molecule has 0 bridgehead atoms. The van der Waals surface area contributed by atoms with Crippen LogP contribution in [-0.2, 0) is 0 Å². The molecule has 1 fully saturated rings.